The highest BCUT2D eigenvalue weighted by Crippen LogP contribution is 2.55. The Balaban J connectivity index is 1.61. The van der Waals surface area contributed by atoms with Crippen molar-refractivity contribution in [2.45, 2.75) is 49.6 Å². The van der Waals surface area contributed by atoms with Gasteiger partial charge in [0, 0.05) is 24.6 Å². The van der Waals surface area contributed by atoms with Gasteiger partial charge in [-0.2, -0.15) is 26.3 Å². The van der Waals surface area contributed by atoms with Crippen molar-refractivity contribution in [3.63, 3.8) is 0 Å². The second-order valence-electron chi connectivity index (χ2n) is 8.50. The molecule has 1 saturated heterocycles. The molecule has 1 aromatic carbocycles. The Morgan fingerprint density at radius 2 is 1.58 bits per heavy atom. The molecule has 31 heavy (non-hydrogen) atoms. The molecule has 3 aliphatic rings. The van der Waals surface area contributed by atoms with Crippen LogP contribution >= 0.6 is 0 Å². The maximum absolute atomic E-state index is 14.4. The lowest BCUT2D eigenvalue weighted by Crippen LogP contribution is -2.50. The number of carbonyl (C=O) groups excluding carboxylic acids is 1. The average Bonchev–Trinajstić information content (AvgIpc) is 3.15. The molecule has 0 radical (unpaired) electrons. The van der Waals surface area contributed by atoms with E-state index < -0.39 is 23.6 Å². The maximum Gasteiger partial charge on any atom is 0.435 e. The summed E-state index contributed by atoms with van der Waals surface area (Å²) in [6, 6.07) is 2.50. The van der Waals surface area contributed by atoms with Crippen molar-refractivity contribution in [1.29, 1.82) is 0 Å². The molecule has 0 aromatic heterocycles. The zero-order valence-corrected chi connectivity index (χ0v) is 16.5. The first kappa shape index (κ1) is 22.4. The average molecular weight is 453 g/mol. The summed E-state index contributed by atoms with van der Waals surface area (Å²) >= 11 is 0. The molecule has 1 aromatic rings. The number of hydrogen-bond acceptors (Lipinski definition) is 2. The number of ether oxygens (including phenoxy) is 1. The first-order valence-corrected chi connectivity index (χ1v) is 10.3. The van der Waals surface area contributed by atoms with Crippen LogP contribution in [0.4, 0.5) is 30.7 Å². The Bertz CT molecular complexity index is 831. The maximum atomic E-state index is 14.4. The van der Waals surface area contributed by atoms with Crippen molar-refractivity contribution in [2.24, 2.45) is 11.8 Å². The van der Waals surface area contributed by atoms with Crippen LogP contribution in [-0.2, 0) is 21.6 Å². The number of carbonyl (C=O) groups is 1. The van der Waals surface area contributed by atoms with E-state index >= 15 is 0 Å². The second-order valence-corrected chi connectivity index (χ2v) is 8.50. The third-order valence-electron chi connectivity index (χ3n) is 6.93. The molecule has 1 amide bonds. The number of nitrogens with zero attached hydrogens (tertiary/aromatic N) is 1. The first-order valence-electron chi connectivity index (χ1n) is 10.3. The standard InChI is InChI=1S/C21H22F7NO2/c22-19(20(23,24)25,21(26,27)28)13-2-4-14-12(11-13)1-3-16-15(14)5-6-17(16)18(30)29-7-9-31-10-8-29/h2,4,11,15-17H,1,3,5-10H2. The third-order valence-corrected chi connectivity index (χ3v) is 6.93. The number of benzene rings is 1. The van der Waals surface area contributed by atoms with Crippen LogP contribution in [0.3, 0.4) is 0 Å². The highest BCUT2D eigenvalue weighted by atomic mass is 19.4. The van der Waals surface area contributed by atoms with Gasteiger partial charge in [-0.25, -0.2) is 4.39 Å². The van der Waals surface area contributed by atoms with Gasteiger partial charge in [-0.3, -0.25) is 4.79 Å². The molecular formula is C21H22F7NO2. The van der Waals surface area contributed by atoms with Gasteiger partial charge in [0.2, 0.25) is 5.91 Å². The summed E-state index contributed by atoms with van der Waals surface area (Å²) in [4.78, 5) is 14.7. The van der Waals surface area contributed by atoms with Crippen LogP contribution in [-0.4, -0.2) is 49.5 Å². The molecule has 10 heteroatoms. The normalized spacial score (nSPS) is 27.1. The number of rotatable bonds is 2. The molecule has 1 saturated carbocycles. The molecule has 2 aliphatic carbocycles. The Kier molecular flexibility index (Phi) is 5.51. The zero-order valence-electron chi connectivity index (χ0n) is 16.5. The van der Waals surface area contributed by atoms with Gasteiger partial charge in [-0.05, 0) is 48.6 Å². The quantitative estimate of drug-likeness (QED) is 0.597. The van der Waals surface area contributed by atoms with E-state index in [1.807, 2.05) is 0 Å². The van der Waals surface area contributed by atoms with Gasteiger partial charge in [0.05, 0.1) is 13.2 Å². The van der Waals surface area contributed by atoms with Crippen LogP contribution in [0.2, 0.25) is 0 Å². The van der Waals surface area contributed by atoms with Crippen LogP contribution in [0.25, 0.3) is 0 Å². The lowest BCUT2D eigenvalue weighted by atomic mass is 9.73. The predicted octanol–water partition coefficient (Wildman–Crippen LogP) is 4.89. The topological polar surface area (TPSA) is 29.5 Å². The second kappa shape index (κ2) is 7.64. The smallest absolute Gasteiger partial charge is 0.378 e. The van der Waals surface area contributed by atoms with E-state index in [-0.39, 0.29) is 30.1 Å². The minimum absolute atomic E-state index is 0.0194. The summed E-state index contributed by atoms with van der Waals surface area (Å²) in [5.74, 6) is -0.332. The summed E-state index contributed by atoms with van der Waals surface area (Å²) in [6.45, 7) is 1.98. The van der Waals surface area contributed by atoms with Crippen LogP contribution in [0.15, 0.2) is 18.2 Å². The van der Waals surface area contributed by atoms with Crippen LogP contribution in [0.1, 0.15) is 41.9 Å². The number of fused-ring (bicyclic) bond motifs is 3. The third kappa shape index (κ3) is 3.60. The van der Waals surface area contributed by atoms with Gasteiger partial charge in [0.1, 0.15) is 0 Å². The van der Waals surface area contributed by atoms with E-state index in [1.54, 1.807) is 4.90 Å². The van der Waals surface area contributed by atoms with E-state index in [2.05, 4.69) is 0 Å². The summed E-state index contributed by atoms with van der Waals surface area (Å²) in [7, 11) is 0. The number of morpholine rings is 1. The van der Waals surface area contributed by atoms with Crippen molar-refractivity contribution in [3.05, 3.63) is 34.9 Å². The molecule has 3 atom stereocenters. The summed E-state index contributed by atoms with van der Waals surface area (Å²) < 4.78 is 98.3. The molecule has 1 heterocycles. The van der Waals surface area contributed by atoms with Gasteiger partial charge in [0.25, 0.3) is 0 Å². The number of halogens is 7. The fourth-order valence-electron chi connectivity index (χ4n) is 5.39. The highest BCUT2D eigenvalue weighted by Gasteiger charge is 2.73. The van der Waals surface area contributed by atoms with Gasteiger partial charge in [0.15, 0.2) is 0 Å². The Morgan fingerprint density at radius 3 is 2.19 bits per heavy atom. The zero-order chi connectivity index (χ0) is 22.6. The van der Waals surface area contributed by atoms with Gasteiger partial charge >= 0.3 is 18.0 Å². The van der Waals surface area contributed by atoms with Gasteiger partial charge < -0.3 is 9.64 Å². The molecule has 1 aliphatic heterocycles. The van der Waals surface area contributed by atoms with Crippen molar-refractivity contribution in [1.82, 2.24) is 4.90 Å². The lowest BCUT2D eigenvalue weighted by molar-refractivity contribution is -0.348. The molecule has 3 unspecified atom stereocenters. The Hall–Kier alpha value is -1.84. The van der Waals surface area contributed by atoms with Crippen molar-refractivity contribution in [3.8, 4) is 0 Å². The van der Waals surface area contributed by atoms with E-state index in [9.17, 15) is 35.5 Å². The lowest BCUT2D eigenvalue weighted by Gasteiger charge is -2.36. The van der Waals surface area contributed by atoms with E-state index in [0.29, 0.717) is 68.8 Å². The van der Waals surface area contributed by atoms with E-state index in [1.165, 1.54) is 6.07 Å². The van der Waals surface area contributed by atoms with Crippen LogP contribution in [0.5, 0.6) is 0 Å². The highest BCUT2D eigenvalue weighted by molar-refractivity contribution is 5.80. The molecule has 0 spiro atoms. The number of amides is 1. The molecule has 3 nitrogen and oxygen atoms in total. The van der Waals surface area contributed by atoms with Crippen LogP contribution < -0.4 is 0 Å². The number of alkyl halides is 7. The summed E-state index contributed by atoms with van der Waals surface area (Å²) in [6.07, 6.45) is -10.3. The molecule has 0 bridgehead atoms. The van der Waals surface area contributed by atoms with Crippen molar-refractivity contribution < 1.29 is 40.3 Å². The molecule has 0 N–H and O–H groups in total. The van der Waals surface area contributed by atoms with Gasteiger partial charge in [-0.1, -0.05) is 18.2 Å². The molecule has 4 rings (SSSR count). The fourth-order valence-corrected chi connectivity index (χ4v) is 5.39. The molecule has 2 fully saturated rings. The monoisotopic (exact) mass is 453 g/mol. The molecule has 172 valence electrons. The predicted molar refractivity (Wildman–Crippen MR) is 96.0 cm³/mol. The minimum atomic E-state index is -6.13. The SMILES string of the molecule is O=C(C1CCC2c3ccc(C(F)(C(F)(F)F)C(F)(F)F)cc3CCC12)N1CCOCC1. The van der Waals surface area contributed by atoms with Gasteiger partial charge in [-0.15, -0.1) is 0 Å². The molecular weight excluding hydrogens is 431 g/mol. The first-order chi connectivity index (χ1) is 14.4. The summed E-state index contributed by atoms with van der Waals surface area (Å²) in [5.41, 5.74) is -5.93. The van der Waals surface area contributed by atoms with E-state index in [4.69, 9.17) is 4.74 Å². The largest absolute Gasteiger partial charge is 0.435 e. The van der Waals surface area contributed by atoms with E-state index in [0.717, 1.165) is 0 Å². The number of hydrogen-bond donors (Lipinski definition) is 0. The minimum Gasteiger partial charge on any atom is -0.378 e. The van der Waals surface area contributed by atoms with Crippen molar-refractivity contribution >= 4 is 5.91 Å². The summed E-state index contributed by atoms with van der Waals surface area (Å²) in [5, 5.41) is 0. The fraction of sp³-hybridized carbons (Fsp3) is 0.667. The van der Waals surface area contributed by atoms with Crippen LogP contribution in [0, 0.1) is 11.8 Å². The number of aryl methyl sites for hydroxylation is 1. The Labute approximate surface area is 174 Å². The Morgan fingerprint density at radius 1 is 0.935 bits per heavy atom. The van der Waals surface area contributed by atoms with Crippen molar-refractivity contribution in [2.75, 3.05) is 26.3 Å².